The van der Waals surface area contributed by atoms with Crippen LogP contribution in [0.1, 0.15) is 29.5 Å². The summed E-state index contributed by atoms with van der Waals surface area (Å²) in [5.41, 5.74) is 2.71. The van der Waals surface area contributed by atoms with Crippen LogP contribution in [0.25, 0.3) is 0 Å². The van der Waals surface area contributed by atoms with Crippen LogP contribution < -0.4 is 15.4 Å². The number of nitrogens with one attached hydrogen (secondary N) is 2. The van der Waals surface area contributed by atoms with Crippen LogP contribution in [0, 0.1) is 5.92 Å². The first-order valence-corrected chi connectivity index (χ1v) is 13.8. The van der Waals surface area contributed by atoms with Gasteiger partial charge in [0.05, 0.1) is 25.2 Å². The van der Waals surface area contributed by atoms with Crippen LogP contribution in [-0.4, -0.2) is 53.3 Å². The Labute approximate surface area is 246 Å². The second kappa shape index (κ2) is 17.4. The number of aliphatic hydroxyl groups is 2. The molecule has 3 rings (SSSR count). The summed E-state index contributed by atoms with van der Waals surface area (Å²) in [6.45, 7) is 3.15. The van der Waals surface area contributed by atoms with E-state index in [4.69, 9.17) is 9.47 Å². The highest BCUT2D eigenvalue weighted by atomic mass is 16.5. The number of hydrogen-bond donors (Lipinski definition) is 4. The number of rotatable bonds is 17. The van der Waals surface area contributed by atoms with Crippen molar-refractivity contribution in [1.82, 2.24) is 10.6 Å². The maximum Gasteiger partial charge on any atom is 0.331 e. The lowest BCUT2D eigenvalue weighted by Crippen LogP contribution is -2.48. The monoisotopic (exact) mass is 574 g/mol. The second-order valence-corrected chi connectivity index (χ2v) is 9.83. The molecular formula is C33H38N2O7. The predicted octanol–water partition coefficient (Wildman–Crippen LogP) is 3.09. The lowest BCUT2D eigenvalue weighted by atomic mass is 9.98. The molecule has 9 heteroatoms. The zero-order valence-corrected chi connectivity index (χ0v) is 23.5. The molecule has 0 fully saturated rings. The number of allylic oxidation sites excluding steroid dienone is 1. The van der Waals surface area contributed by atoms with Gasteiger partial charge in [-0.2, -0.15) is 0 Å². The average Bonchev–Trinajstić information content (AvgIpc) is 3.02. The van der Waals surface area contributed by atoms with E-state index in [1.807, 2.05) is 60.7 Å². The number of benzene rings is 3. The first-order chi connectivity index (χ1) is 20.4. The Balaban J connectivity index is 1.49. The molecule has 3 aromatic carbocycles. The number of carbonyl (C=O) groups is 3. The van der Waals surface area contributed by atoms with E-state index in [9.17, 15) is 24.6 Å². The minimum absolute atomic E-state index is 0.00345. The van der Waals surface area contributed by atoms with E-state index < -0.39 is 42.4 Å². The predicted molar refractivity (Wildman–Crippen MR) is 158 cm³/mol. The third-order valence-corrected chi connectivity index (χ3v) is 6.50. The highest BCUT2D eigenvalue weighted by Crippen LogP contribution is 2.16. The van der Waals surface area contributed by atoms with E-state index in [0.717, 1.165) is 16.7 Å². The summed E-state index contributed by atoms with van der Waals surface area (Å²) in [7, 11) is 0. The Kier molecular flexibility index (Phi) is 13.3. The largest absolute Gasteiger partial charge is 0.489 e. The molecule has 0 radical (unpaired) electrons. The van der Waals surface area contributed by atoms with Crippen molar-refractivity contribution < 1.29 is 34.1 Å². The van der Waals surface area contributed by atoms with Crippen molar-refractivity contribution in [2.75, 3.05) is 13.2 Å². The van der Waals surface area contributed by atoms with E-state index >= 15 is 0 Å². The Morgan fingerprint density at radius 1 is 0.786 bits per heavy atom. The first-order valence-electron chi connectivity index (χ1n) is 13.8. The third kappa shape index (κ3) is 10.8. The number of ether oxygens (including phenoxy) is 2. The molecule has 0 saturated carbocycles. The maximum atomic E-state index is 12.9. The fourth-order valence-corrected chi connectivity index (χ4v) is 4.20. The van der Waals surface area contributed by atoms with Crippen molar-refractivity contribution in [2.45, 2.75) is 44.6 Å². The van der Waals surface area contributed by atoms with Crippen LogP contribution in [-0.2, 0) is 38.8 Å². The highest BCUT2D eigenvalue weighted by molar-refractivity contribution is 5.89. The molecule has 0 unspecified atom stereocenters. The molecule has 3 aromatic rings. The van der Waals surface area contributed by atoms with Gasteiger partial charge in [0.15, 0.2) is 6.04 Å². The maximum absolute atomic E-state index is 12.9. The molecule has 0 heterocycles. The van der Waals surface area contributed by atoms with E-state index in [0.29, 0.717) is 18.8 Å². The Morgan fingerprint density at radius 2 is 1.40 bits per heavy atom. The van der Waals surface area contributed by atoms with Crippen LogP contribution in [0.4, 0.5) is 0 Å². The summed E-state index contributed by atoms with van der Waals surface area (Å²) < 4.78 is 11.0. The number of esters is 1. The smallest absolute Gasteiger partial charge is 0.331 e. The van der Waals surface area contributed by atoms with E-state index in [-0.39, 0.29) is 26.1 Å². The summed E-state index contributed by atoms with van der Waals surface area (Å²) >= 11 is 0. The van der Waals surface area contributed by atoms with E-state index in [1.165, 1.54) is 6.08 Å². The quantitative estimate of drug-likeness (QED) is 0.144. The molecule has 2 amide bonds. The molecule has 4 N–H and O–H groups in total. The summed E-state index contributed by atoms with van der Waals surface area (Å²) in [6.07, 6.45) is 1.85. The molecule has 0 aliphatic heterocycles. The summed E-state index contributed by atoms with van der Waals surface area (Å²) in [6, 6.07) is 24.4. The van der Waals surface area contributed by atoms with E-state index in [1.54, 1.807) is 24.3 Å². The van der Waals surface area contributed by atoms with Gasteiger partial charge < -0.3 is 30.3 Å². The summed E-state index contributed by atoms with van der Waals surface area (Å²) in [4.78, 5) is 38.2. The van der Waals surface area contributed by atoms with Crippen molar-refractivity contribution in [3.63, 3.8) is 0 Å². The van der Waals surface area contributed by atoms with Crippen LogP contribution in [0.15, 0.2) is 97.6 Å². The van der Waals surface area contributed by atoms with E-state index in [2.05, 4.69) is 17.2 Å². The molecule has 0 aromatic heterocycles. The highest BCUT2D eigenvalue weighted by Gasteiger charge is 2.28. The minimum atomic E-state index is -1.28. The van der Waals surface area contributed by atoms with Gasteiger partial charge in [0.2, 0.25) is 11.8 Å². The molecule has 42 heavy (non-hydrogen) atoms. The van der Waals surface area contributed by atoms with Gasteiger partial charge >= 0.3 is 5.97 Å². The standard InChI is InChI=1S/C33H38N2O7/c1-2-9-27(32(39)35-30(21-37)33(40)42-23-26-12-7-4-8-13-26)19-31(38)34-28(20-36)18-24-14-16-29(17-15-24)41-22-25-10-5-3-6-11-25/h2-8,10-17,27-28,30,36-37H,1,9,18-23H2,(H,34,38)(H,35,39)/t27-,28+,30-/m1/s1. The van der Waals surface area contributed by atoms with Crippen LogP contribution in [0.5, 0.6) is 5.75 Å². The first kappa shape index (κ1) is 32.0. The second-order valence-electron chi connectivity index (χ2n) is 9.83. The van der Waals surface area contributed by atoms with Gasteiger partial charge in [-0.1, -0.05) is 78.9 Å². The fraction of sp³-hybridized carbons (Fsp3) is 0.303. The molecule has 0 spiro atoms. The average molecular weight is 575 g/mol. The van der Waals surface area contributed by atoms with Crippen LogP contribution in [0.3, 0.4) is 0 Å². The van der Waals surface area contributed by atoms with Crippen molar-refractivity contribution in [2.24, 2.45) is 5.92 Å². The topological polar surface area (TPSA) is 134 Å². The number of amides is 2. The summed E-state index contributed by atoms with van der Waals surface area (Å²) in [5, 5.41) is 24.8. The normalized spacial score (nSPS) is 12.8. The molecule has 9 nitrogen and oxygen atoms in total. The Hall–Kier alpha value is -4.47. The Bertz CT molecular complexity index is 1270. The number of hydrogen-bond acceptors (Lipinski definition) is 7. The molecular weight excluding hydrogens is 536 g/mol. The Morgan fingerprint density at radius 3 is 1.98 bits per heavy atom. The van der Waals surface area contributed by atoms with Crippen molar-refractivity contribution >= 4 is 17.8 Å². The number of aliphatic hydroxyl groups excluding tert-OH is 2. The van der Waals surface area contributed by atoms with Crippen LogP contribution in [0.2, 0.25) is 0 Å². The zero-order valence-electron chi connectivity index (χ0n) is 23.5. The molecule has 0 bridgehead atoms. The van der Waals surface area contributed by atoms with Gasteiger partial charge in [0.1, 0.15) is 19.0 Å². The molecule has 0 aliphatic rings. The van der Waals surface area contributed by atoms with Gasteiger partial charge in [-0.05, 0) is 41.7 Å². The van der Waals surface area contributed by atoms with Gasteiger partial charge in [-0.15, -0.1) is 6.58 Å². The molecule has 0 saturated heterocycles. The van der Waals surface area contributed by atoms with Crippen molar-refractivity contribution in [3.8, 4) is 5.75 Å². The van der Waals surface area contributed by atoms with Crippen LogP contribution >= 0.6 is 0 Å². The molecule has 222 valence electrons. The zero-order chi connectivity index (χ0) is 30.2. The fourth-order valence-electron chi connectivity index (χ4n) is 4.20. The lowest BCUT2D eigenvalue weighted by molar-refractivity contribution is -0.150. The molecule has 0 aliphatic carbocycles. The van der Waals surface area contributed by atoms with Gasteiger partial charge in [-0.25, -0.2) is 4.79 Å². The van der Waals surface area contributed by atoms with Crippen molar-refractivity contribution in [3.05, 3.63) is 114 Å². The minimum Gasteiger partial charge on any atom is -0.489 e. The summed E-state index contributed by atoms with van der Waals surface area (Å²) in [5.74, 6) is -1.94. The SMILES string of the molecule is C=CC[C@H](CC(=O)N[C@H](CO)Cc1ccc(OCc2ccccc2)cc1)C(=O)N[C@H](CO)C(=O)OCc1ccccc1. The molecule has 3 atom stereocenters. The number of carbonyl (C=O) groups excluding carboxylic acids is 3. The van der Waals surface area contributed by atoms with Gasteiger partial charge in [-0.3, -0.25) is 9.59 Å². The van der Waals surface area contributed by atoms with Gasteiger partial charge in [0, 0.05) is 6.42 Å². The lowest BCUT2D eigenvalue weighted by Gasteiger charge is -2.21. The van der Waals surface area contributed by atoms with Gasteiger partial charge in [0.25, 0.3) is 0 Å². The van der Waals surface area contributed by atoms with Crippen molar-refractivity contribution in [1.29, 1.82) is 0 Å². The third-order valence-electron chi connectivity index (χ3n) is 6.50.